The minimum absolute atomic E-state index is 0.0844. The van der Waals surface area contributed by atoms with E-state index >= 15 is 0 Å². The van der Waals surface area contributed by atoms with Crippen LogP contribution >= 0.6 is 0 Å². The van der Waals surface area contributed by atoms with Crippen molar-refractivity contribution in [2.24, 2.45) is 18.0 Å². The van der Waals surface area contributed by atoms with Crippen LogP contribution in [0.4, 0.5) is 13.2 Å². The van der Waals surface area contributed by atoms with E-state index in [0.717, 1.165) is 45.1 Å². The first-order chi connectivity index (χ1) is 14.8. The number of nitrogens with zero attached hydrogens (tertiary/aromatic N) is 5. The molecule has 1 saturated carbocycles. The third-order valence-corrected chi connectivity index (χ3v) is 6.09. The SMILES string of the molecule is Cc1nnc(CN=C(NCCCN2CCOCC2)NC2CCCC(C(F)(F)F)C2)n1C. The molecule has 2 unspecified atom stereocenters. The summed E-state index contributed by atoms with van der Waals surface area (Å²) in [6.45, 7) is 7.22. The van der Waals surface area contributed by atoms with Gasteiger partial charge in [0.05, 0.1) is 19.1 Å². The maximum absolute atomic E-state index is 13.2. The van der Waals surface area contributed by atoms with Gasteiger partial charge in [-0.3, -0.25) is 4.90 Å². The van der Waals surface area contributed by atoms with E-state index in [0.29, 0.717) is 37.7 Å². The summed E-state index contributed by atoms with van der Waals surface area (Å²) in [6.07, 6.45) is -1.65. The Morgan fingerprint density at radius 1 is 1.23 bits per heavy atom. The lowest BCUT2D eigenvalue weighted by Crippen LogP contribution is -2.47. The van der Waals surface area contributed by atoms with Gasteiger partial charge in [-0.2, -0.15) is 13.2 Å². The Kier molecular flexibility index (Phi) is 8.53. The molecule has 0 radical (unpaired) electrons. The quantitative estimate of drug-likeness (QED) is 0.380. The molecule has 3 rings (SSSR count). The molecule has 31 heavy (non-hydrogen) atoms. The lowest BCUT2D eigenvalue weighted by molar-refractivity contribution is -0.183. The van der Waals surface area contributed by atoms with Crippen LogP contribution in [0.15, 0.2) is 4.99 Å². The number of aryl methyl sites for hydroxylation is 1. The summed E-state index contributed by atoms with van der Waals surface area (Å²) in [6, 6.07) is -0.243. The van der Waals surface area contributed by atoms with Gasteiger partial charge in [-0.15, -0.1) is 10.2 Å². The molecule has 1 aliphatic carbocycles. The van der Waals surface area contributed by atoms with Crippen molar-refractivity contribution in [1.82, 2.24) is 30.3 Å². The van der Waals surface area contributed by atoms with E-state index in [1.807, 2.05) is 18.5 Å². The van der Waals surface area contributed by atoms with Crippen LogP contribution in [0.2, 0.25) is 0 Å². The highest BCUT2D eigenvalue weighted by molar-refractivity contribution is 5.80. The molecule has 0 amide bonds. The zero-order valence-electron chi connectivity index (χ0n) is 18.4. The Bertz CT molecular complexity index is 716. The van der Waals surface area contributed by atoms with Gasteiger partial charge in [0.15, 0.2) is 11.8 Å². The number of guanidine groups is 1. The van der Waals surface area contributed by atoms with Gasteiger partial charge >= 0.3 is 6.18 Å². The van der Waals surface area contributed by atoms with Crippen LogP contribution in [0, 0.1) is 12.8 Å². The zero-order chi connectivity index (χ0) is 22.3. The number of morpholine rings is 1. The van der Waals surface area contributed by atoms with Crippen molar-refractivity contribution in [2.45, 2.75) is 57.8 Å². The van der Waals surface area contributed by atoms with Crippen LogP contribution in [0.3, 0.4) is 0 Å². The number of ether oxygens (including phenoxy) is 1. The molecule has 1 aliphatic heterocycles. The normalized spacial score (nSPS) is 23.7. The van der Waals surface area contributed by atoms with E-state index in [9.17, 15) is 13.2 Å². The minimum atomic E-state index is -4.14. The highest BCUT2D eigenvalue weighted by Gasteiger charge is 2.42. The summed E-state index contributed by atoms with van der Waals surface area (Å²) >= 11 is 0. The second-order valence-electron chi connectivity index (χ2n) is 8.37. The molecule has 1 aromatic rings. The standard InChI is InChI=1S/C20H34F3N7O/c1-15-27-28-18(29(15)2)14-25-19(24-7-4-8-30-9-11-31-12-10-30)26-17-6-3-5-16(13-17)20(21,22)23/h16-17H,3-14H2,1-2H3,(H2,24,25,26). The number of rotatable bonds is 7. The first kappa shape index (κ1) is 23.8. The second-order valence-corrected chi connectivity index (χ2v) is 8.37. The summed E-state index contributed by atoms with van der Waals surface area (Å²) < 4.78 is 46.8. The number of hydrogen-bond donors (Lipinski definition) is 2. The van der Waals surface area contributed by atoms with Crippen molar-refractivity contribution in [3.05, 3.63) is 11.6 Å². The first-order valence-corrected chi connectivity index (χ1v) is 11.1. The Hall–Kier alpha value is -1.88. The molecule has 2 N–H and O–H groups in total. The zero-order valence-corrected chi connectivity index (χ0v) is 18.4. The van der Waals surface area contributed by atoms with Gasteiger partial charge in [0.1, 0.15) is 12.4 Å². The molecular weight excluding hydrogens is 411 g/mol. The molecule has 0 aromatic carbocycles. The van der Waals surface area contributed by atoms with Gasteiger partial charge in [0, 0.05) is 32.7 Å². The van der Waals surface area contributed by atoms with E-state index in [4.69, 9.17) is 4.74 Å². The minimum Gasteiger partial charge on any atom is -0.379 e. The molecule has 0 spiro atoms. The second kappa shape index (κ2) is 11.1. The average Bonchev–Trinajstić information content (AvgIpc) is 3.07. The number of halogens is 3. The smallest absolute Gasteiger partial charge is 0.379 e. The maximum atomic E-state index is 13.2. The van der Waals surface area contributed by atoms with Crippen LogP contribution in [0.1, 0.15) is 43.8 Å². The van der Waals surface area contributed by atoms with Gasteiger partial charge in [-0.05, 0) is 39.2 Å². The molecular formula is C20H34F3N7O. The summed E-state index contributed by atoms with van der Waals surface area (Å²) in [4.78, 5) is 6.94. The Balaban J connectivity index is 1.56. The van der Waals surface area contributed by atoms with Crippen molar-refractivity contribution in [2.75, 3.05) is 39.4 Å². The fraction of sp³-hybridized carbons (Fsp3) is 0.850. The Morgan fingerprint density at radius 2 is 2.00 bits per heavy atom. The van der Waals surface area contributed by atoms with Crippen molar-refractivity contribution >= 4 is 5.96 Å². The molecule has 8 nitrogen and oxygen atoms in total. The van der Waals surface area contributed by atoms with E-state index in [1.165, 1.54) is 0 Å². The van der Waals surface area contributed by atoms with E-state index < -0.39 is 12.1 Å². The molecule has 2 heterocycles. The summed E-state index contributed by atoms with van der Waals surface area (Å²) in [7, 11) is 1.87. The van der Waals surface area contributed by atoms with Crippen LogP contribution in [-0.4, -0.2) is 77.2 Å². The fourth-order valence-corrected chi connectivity index (χ4v) is 4.04. The van der Waals surface area contributed by atoms with E-state index in [2.05, 4.69) is 30.7 Å². The predicted octanol–water partition coefficient (Wildman–Crippen LogP) is 2.00. The highest BCUT2D eigenvalue weighted by Crippen LogP contribution is 2.37. The van der Waals surface area contributed by atoms with Crippen LogP contribution < -0.4 is 10.6 Å². The maximum Gasteiger partial charge on any atom is 0.391 e. The van der Waals surface area contributed by atoms with Crippen molar-refractivity contribution in [3.63, 3.8) is 0 Å². The Labute approximate surface area is 181 Å². The van der Waals surface area contributed by atoms with E-state index in [1.54, 1.807) is 0 Å². The molecule has 1 aromatic heterocycles. The van der Waals surface area contributed by atoms with Gasteiger partial charge in [0.2, 0.25) is 0 Å². The lowest BCUT2D eigenvalue weighted by Gasteiger charge is -2.32. The molecule has 2 fully saturated rings. The predicted molar refractivity (Wildman–Crippen MR) is 112 cm³/mol. The van der Waals surface area contributed by atoms with Crippen molar-refractivity contribution in [1.29, 1.82) is 0 Å². The molecule has 2 atom stereocenters. The largest absolute Gasteiger partial charge is 0.391 e. The van der Waals surface area contributed by atoms with Crippen LogP contribution in [-0.2, 0) is 18.3 Å². The Morgan fingerprint density at radius 3 is 2.68 bits per heavy atom. The molecule has 1 saturated heterocycles. The molecule has 176 valence electrons. The highest BCUT2D eigenvalue weighted by atomic mass is 19.4. The van der Waals surface area contributed by atoms with Crippen LogP contribution in [0.5, 0.6) is 0 Å². The topological polar surface area (TPSA) is 79.6 Å². The number of hydrogen-bond acceptors (Lipinski definition) is 5. The van der Waals surface area contributed by atoms with Crippen LogP contribution in [0.25, 0.3) is 0 Å². The molecule has 0 bridgehead atoms. The summed E-state index contributed by atoms with van der Waals surface area (Å²) in [5.74, 6) is 0.792. The number of nitrogens with one attached hydrogen (secondary N) is 2. The van der Waals surface area contributed by atoms with Gasteiger partial charge in [-0.25, -0.2) is 4.99 Å². The number of aliphatic imine (C=N–C) groups is 1. The molecule has 11 heteroatoms. The monoisotopic (exact) mass is 445 g/mol. The first-order valence-electron chi connectivity index (χ1n) is 11.1. The lowest BCUT2D eigenvalue weighted by atomic mass is 9.85. The number of alkyl halides is 3. The van der Waals surface area contributed by atoms with Gasteiger partial charge in [-0.1, -0.05) is 6.42 Å². The molecule has 2 aliphatic rings. The van der Waals surface area contributed by atoms with Gasteiger partial charge < -0.3 is 19.9 Å². The summed E-state index contributed by atoms with van der Waals surface area (Å²) in [5.41, 5.74) is 0. The third-order valence-electron chi connectivity index (χ3n) is 6.09. The average molecular weight is 446 g/mol. The summed E-state index contributed by atoms with van der Waals surface area (Å²) in [5, 5.41) is 14.7. The van der Waals surface area contributed by atoms with Crippen molar-refractivity contribution in [3.8, 4) is 0 Å². The third kappa shape index (κ3) is 7.34. The van der Waals surface area contributed by atoms with Gasteiger partial charge in [0.25, 0.3) is 0 Å². The van der Waals surface area contributed by atoms with E-state index in [-0.39, 0.29) is 18.9 Å². The number of aromatic nitrogens is 3. The van der Waals surface area contributed by atoms with Crippen molar-refractivity contribution < 1.29 is 17.9 Å². The fourth-order valence-electron chi connectivity index (χ4n) is 4.04.